The second-order valence-corrected chi connectivity index (χ2v) is 10.7. The second kappa shape index (κ2) is 7.07. The third kappa shape index (κ3) is 3.13. The van der Waals surface area contributed by atoms with Gasteiger partial charge in [-0.25, -0.2) is 9.59 Å². The van der Waals surface area contributed by atoms with Gasteiger partial charge in [-0.05, 0) is 86.9 Å². The van der Waals surface area contributed by atoms with E-state index >= 15 is 0 Å². The molecule has 0 aromatic carbocycles. The van der Waals surface area contributed by atoms with Gasteiger partial charge in [0.2, 0.25) is 0 Å². The van der Waals surface area contributed by atoms with Crippen molar-refractivity contribution in [1.82, 2.24) is 0 Å². The van der Waals surface area contributed by atoms with E-state index in [1.807, 2.05) is 0 Å². The van der Waals surface area contributed by atoms with Crippen LogP contribution in [-0.4, -0.2) is 40.1 Å². The summed E-state index contributed by atoms with van der Waals surface area (Å²) in [7, 11) is 0. The summed E-state index contributed by atoms with van der Waals surface area (Å²) in [6.07, 6.45) is 6.15. The number of carbonyl (C=O) groups is 3. The minimum absolute atomic E-state index is 0.0433. The molecule has 0 aromatic heterocycles. The molecule has 4 saturated carbocycles. The average Bonchev–Trinajstić information content (AvgIpc) is 2.98. The van der Waals surface area contributed by atoms with E-state index in [0.717, 1.165) is 44.9 Å². The molecule has 2 N–H and O–H groups in total. The zero-order chi connectivity index (χ0) is 21.1. The molecule has 0 bridgehead atoms. The maximum absolute atomic E-state index is 12.4. The topological polar surface area (TPSA) is 101 Å². The van der Waals surface area contributed by atoms with E-state index in [1.54, 1.807) is 6.92 Å². The number of carboxylic acids is 1. The molecule has 0 amide bonds. The highest BCUT2D eigenvalue weighted by Crippen LogP contribution is 2.68. The fourth-order valence-electron chi connectivity index (χ4n) is 8.29. The van der Waals surface area contributed by atoms with Crippen LogP contribution in [0.2, 0.25) is 0 Å². The van der Waals surface area contributed by atoms with Crippen molar-refractivity contribution in [1.29, 1.82) is 0 Å². The van der Waals surface area contributed by atoms with Gasteiger partial charge in [-0.2, -0.15) is 0 Å². The molecule has 0 saturated heterocycles. The fourth-order valence-corrected chi connectivity index (χ4v) is 8.29. The van der Waals surface area contributed by atoms with Crippen LogP contribution < -0.4 is 0 Å². The van der Waals surface area contributed by atoms with Crippen LogP contribution in [0.5, 0.6) is 0 Å². The molecule has 0 aromatic rings. The highest BCUT2D eigenvalue weighted by Gasteiger charge is 2.64. The second-order valence-electron chi connectivity index (χ2n) is 10.7. The highest BCUT2D eigenvalue weighted by molar-refractivity contribution is 6.28. The van der Waals surface area contributed by atoms with E-state index < -0.39 is 18.0 Å². The van der Waals surface area contributed by atoms with E-state index in [-0.39, 0.29) is 34.6 Å². The summed E-state index contributed by atoms with van der Waals surface area (Å²) in [5, 5.41) is 19.4. The number of ketones is 1. The number of carbonyl (C=O) groups excluding carboxylic acids is 2. The summed E-state index contributed by atoms with van der Waals surface area (Å²) in [4.78, 5) is 35.7. The molecule has 0 aliphatic heterocycles. The van der Waals surface area contributed by atoms with E-state index in [1.165, 1.54) is 0 Å². The molecule has 4 fully saturated rings. The molecule has 6 heteroatoms. The normalized spacial score (nSPS) is 48.8. The van der Waals surface area contributed by atoms with Crippen molar-refractivity contribution in [2.24, 2.45) is 40.4 Å². The maximum atomic E-state index is 12.4. The van der Waals surface area contributed by atoms with E-state index in [2.05, 4.69) is 13.8 Å². The number of rotatable bonds is 2. The van der Waals surface area contributed by atoms with Crippen molar-refractivity contribution in [3.8, 4) is 0 Å². The van der Waals surface area contributed by atoms with Crippen LogP contribution in [0.25, 0.3) is 0 Å². The van der Waals surface area contributed by atoms with Gasteiger partial charge in [0.15, 0.2) is 0 Å². The number of Topliss-reactive ketones (excluding diaryl/α,β-unsaturated/α-hetero) is 1. The molecule has 4 aliphatic carbocycles. The summed E-state index contributed by atoms with van der Waals surface area (Å²) >= 11 is 0. The van der Waals surface area contributed by atoms with Crippen LogP contribution in [0.4, 0.5) is 0 Å². The summed E-state index contributed by atoms with van der Waals surface area (Å²) < 4.78 is 5.65. The number of fused-ring (bicyclic) bond motifs is 5. The Balaban J connectivity index is 1.73. The largest absolute Gasteiger partial charge is 0.473 e. The SMILES string of the molecule is CC(=O)[C@H]1CC[C@H]2[C@@H]3CC[C@@H]4C[C@H](O)CC[C@]4(C)[C@H]3C(OC(=O)C(=O)O)C[C@]12C. The van der Waals surface area contributed by atoms with Crippen LogP contribution >= 0.6 is 0 Å². The number of aliphatic carboxylic acids is 1. The molecule has 4 rings (SSSR count). The first-order valence-corrected chi connectivity index (χ1v) is 11.2. The molecular weight excluding hydrogens is 372 g/mol. The van der Waals surface area contributed by atoms with Crippen LogP contribution in [0.1, 0.15) is 72.1 Å². The number of aliphatic hydroxyl groups excluding tert-OH is 1. The minimum Gasteiger partial charge on any atom is -0.473 e. The lowest BCUT2D eigenvalue weighted by Crippen LogP contribution is -2.60. The van der Waals surface area contributed by atoms with Gasteiger partial charge in [-0.1, -0.05) is 13.8 Å². The van der Waals surface area contributed by atoms with Gasteiger partial charge in [-0.15, -0.1) is 0 Å². The Bertz CT molecular complexity index is 718. The van der Waals surface area contributed by atoms with Crippen LogP contribution in [-0.2, 0) is 19.1 Å². The Morgan fingerprint density at radius 1 is 1.00 bits per heavy atom. The summed E-state index contributed by atoms with van der Waals surface area (Å²) in [5.74, 6) is -1.38. The van der Waals surface area contributed by atoms with Gasteiger partial charge in [0.1, 0.15) is 11.9 Å². The van der Waals surface area contributed by atoms with Crippen LogP contribution in [0.3, 0.4) is 0 Å². The van der Waals surface area contributed by atoms with Crippen LogP contribution in [0, 0.1) is 40.4 Å². The number of aliphatic hydroxyl groups is 1. The van der Waals surface area contributed by atoms with Gasteiger partial charge < -0.3 is 14.9 Å². The molecule has 6 nitrogen and oxygen atoms in total. The molecule has 9 atom stereocenters. The number of ether oxygens (including phenoxy) is 1. The number of carboxylic acid groups (broad SMARTS) is 1. The van der Waals surface area contributed by atoms with Crippen molar-refractivity contribution in [3.05, 3.63) is 0 Å². The van der Waals surface area contributed by atoms with Gasteiger partial charge in [-0.3, -0.25) is 4.79 Å². The minimum atomic E-state index is -1.56. The predicted molar refractivity (Wildman–Crippen MR) is 105 cm³/mol. The smallest absolute Gasteiger partial charge is 0.417 e. The van der Waals surface area contributed by atoms with Gasteiger partial charge >= 0.3 is 11.9 Å². The standard InChI is InChI=1S/C23H34O6/c1-12(24)16-6-7-17-15-5-4-13-10-14(25)8-9-22(13,2)19(15)18(11-23(16,17)3)29-21(28)20(26)27/h13-19,25H,4-11H2,1-3H3,(H,26,27)/t13-,14-,15+,16-,17+,18?,19-,22+,23-/m1/s1. The zero-order valence-corrected chi connectivity index (χ0v) is 17.7. The van der Waals surface area contributed by atoms with Crippen molar-refractivity contribution < 1.29 is 29.3 Å². The number of hydrogen-bond acceptors (Lipinski definition) is 5. The lowest BCUT2D eigenvalue weighted by molar-refractivity contribution is -0.202. The molecule has 0 heterocycles. The first kappa shape index (κ1) is 20.8. The Kier molecular flexibility index (Phi) is 5.08. The number of esters is 1. The first-order chi connectivity index (χ1) is 13.6. The number of hydrogen-bond donors (Lipinski definition) is 2. The Morgan fingerprint density at radius 2 is 1.72 bits per heavy atom. The third-order valence-corrected chi connectivity index (χ3v) is 9.47. The Labute approximate surface area is 172 Å². The molecule has 162 valence electrons. The van der Waals surface area contributed by atoms with E-state index in [0.29, 0.717) is 24.2 Å². The molecule has 0 spiro atoms. The van der Waals surface area contributed by atoms with E-state index in [9.17, 15) is 24.6 Å². The van der Waals surface area contributed by atoms with Crippen LogP contribution in [0.15, 0.2) is 0 Å². The zero-order valence-electron chi connectivity index (χ0n) is 17.7. The summed E-state index contributed by atoms with van der Waals surface area (Å²) in [6, 6.07) is 0. The highest BCUT2D eigenvalue weighted by atomic mass is 16.6. The summed E-state index contributed by atoms with van der Waals surface area (Å²) in [6.45, 7) is 6.08. The maximum Gasteiger partial charge on any atom is 0.417 e. The lowest BCUT2D eigenvalue weighted by atomic mass is 9.43. The Hall–Kier alpha value is -1.43. The van der Waals surface area contributed by atoms with Crippen molar-refractivity contribution in [2.75, 3.05) is 0 Å². The Morgan fingerprint density at radius 3 is 2.38 bits per heavy atom. The molecule has 0 radical (unpaired) electrons. The average molecular weight is 407 g/mol. The first-order valence-electron chi connectivity index (χ1n) is 11.2. The van der Waals surface area contributed by atoms with Crippen molar-refractivity contribution in [2.45, 2.75) is 84.3 Å². The third-order valence-electron chi connectivity index (χ3n) is 9.47. The van der Waals surface area contributed by atoms with Crippen molar-refractivity contribution >= 4 is 17.7 Å². The monoisotopic (exact) mass is 406 g/mol. The van der Waals surface area contributed by atoms with Crippen molar-refractivity contribution in [3.63, 3.8) is 0 Å². The molecular formula is C23H34O6. The molecule has 1 unspecified atom stereocenters. The van der Waals surface area contributed by atoms with Gasteiger partial charge in [0.05, 0.1) is 6.10 Å². The van der Waals surface area contributed by atoms with Gasteiger partial charge in [0, 0.05) is 11.8 Å². The molecule has 4 aliphatic rings. The predicted octanol–water partition coefficient (Wildman–Crippen LogP) is 3.20. The van der Waals surface area contributed by atoms with Gasteiger partial charge in [0.25, 0.3) is 0 Å². The lowest BCUT2D eigenvalue weighted by Gasteiger charge is -2.62. The summed E-state index contributed by atoms with van der Waals surface area (Å²) in [5.41, 5.74) is -0.310. The fraction of sp³-hybridized carbons (Fsp3) is 0.870. The molecule has 29 heavy (non-hydrogen) atoms. The van der Waals surface area contributed by atoms with E-state index in [4.69, 9.17) is 4.74 Å². The quantitative estimate of drug-likeness (QED) is 0.539.